The Kier molecular flexibility index (Phi) is 8.79. The molecule has 0 radical (unpaired) electrons. The van der Waals surface area contributed by atoms with Gasteiger partial charge in [0.1, 0.15) is 36.6 Å². The highest BCUT2D eigenvalue weighted by Gasteiger charge is 2.45. The van der Waals surface area contributed by atoms with Gasteiger partial charge in [0.2, 0.25) is 0 Å². The first-order valence-corrected chi connectivity index (χ1v) is 7.29. The molecular weight excluding hydrogens is 316 g/mol. The minimum absolute atomic E-state index is 0.120. The van der Waals surface area contributed by atoms with Gasteiger partial charge in [-0.3, -0.25) is 0 Å². The molecule has 0 bridgehead atoms. The summed E-state index contributed by atoms with van der Waals surface area (Å²) in [5.41, 5.74) is 0. The van der Waals surface area contributed by atoms with Crippen LogP contribution in [-0.4, -0.2) is 112 Å². The first kappa shape index (κ1) is 20.6. The van der Waals surface area contributed by atoms with Crippen LogP contribution in [0.1, 0.15) is 6.42 Å². The lowest BCUT2D eigenvalue weighted by molar-refractivity contribution is -0.307. The Morgan fingerprint density at radius 2 is 1.70 bits per heavy atom. The SMILES string of the molecule is COC1OC(CO)C(O)C(O)C1OCC(O)C(O)C(O)CCO. The Hall–Kier alpha value is -0.400. The summed E-state index contributed by atoms with van der Waals surface area (Å²) in [5, 5.41) is 66.5. The molecule has 1 rings (SSSR count). The van der Waals surface area contributed by atoms with Crippen molar-refractivity contribution in [2.45, 2.75) is 55.4 Å². The Balaban J connectivity index is 2.60. The number of ether oxygens (including phenoxy) is 3. The van der Waals surface area contributed by atoms with Gasteiger partial charge in [0.05, 0.1) is 19.3 Å². The normalized spacial score (nSPS) is 35.7. The Morgan fingerprint density at radius 1 is 1.04 bits per heavy atom. The van der Waals surface area contributed by atoms with Crippen LogP contribution in [-0.2, 0) is 14.2 Å². The zero-order valence-electron chi connectivity index (χ0n) is 12.8. The average molecular weight is 342 g/mol. The number of rotatable bonds is 9. The lowest BCUT2D eigenvalue weighted by Crippen LogP contribution is -2.60. The predicted octanol–water partition coefficient (Wildman–Crippen LogP) is -4.08. The molecule has 138 valence electrons. The summed E-state index contributed by atoms with van der Waals surface area (Å²) in [7, 11) is 1.27. The second-order valence-corrected chi connectivity index (χ2v) is 5.38. The van der Waals surface area contributed by atoms with Crippen molar-refractivity contribution in [3.63, 3.8) is 0 Å². The molecule has 1 aliphatic heterocycles. The summed E-state index contributed by atoms with van der Waals surface area (Å²) in [6.45, 7) is -1.37. The van der Waals surface area contributed by atoms with Gasteiger partial charge in [0, 0.05) is 13.7 Å². The lowest BCUT2D eigenvalue weighted by atomic mass is 9.99. The fraction of sp³-hybridized carbons (Fsp3) is 1.00. The standard InChI is InChI=1S/C13H26O10/c1-21-13-12(11(20)10(19)8(4-15)23-13)22-5-7(17)9(18)6(16)2-3-14/h6-20H,2-5H2,1H3. The number of aliphatic hydroxyl groups is 7. The van der Waals surface area contributed by atoms with Crippen molar-refractivity contribution < 1.29 is 50.0 Å². The fourth-order valence-electron chi connectivity index (χ4n) is 2.29. The minimum atomic E-state index is -1.56. The van der Waals surface area contributed by atoms with Crippen LogP contribution in [0.4, 0.5) is 0 Å². The van der Waals surface area contributed by atoms with Crippen LogP contribution in [0, 0.1) is 0 Å². The summed E-state index contributed by atoms with van der Waals surface area (Å²) in [6.07, 6.45) is -10.7. The number of hydrogen-bond donors (Lipinski definition) is 7. The number of hydrogen-bond acceptors (Lipinski definition) is 10. The molecule has 1 saturated heterocycles. The van der Waals surface area contributed by atoms with Crippen LogP contribution >= 0.6 is 0 Å². The first-order chi connectivity index (χ1) is 10.9. The van der Waals surface area contributed by atoms with Crippen molar-refractivity contribution in [2.75, 3.05) is 26.9 Å². The van der Waals surface area contributed by atoms with E-state index in [2.05, 4.69) is 0 Å². The van der Waals surface area contributed by atoms with E-state index in [1.165, 1.54) is 7.11 Å². The molecule has 0 aromatic carbocycles. The van der Waals surface area contributed by atoms with Gasteiger partial charge >= 0.3 is 0 Å². The maximum absolute atomic E-state index is 10.0. The zero-order valence-corrected chi connectivity index (χ0v) is 12.8. The molecule has 0 aromatic rings. The van der Waals surface area contributed by atoms with Crippen LogP contribution in [0.2, 0.25) is 0 Å². The monoisotopic (exact) mass is 342 g/mol. The smallest absolute Gasteiger partial charge is 0.186 e. The van der Waals surface area contributed by atoms with Gasteiger partial charge < -0.3 is 50.0 Å². The zero-order chi connectivity index (χ0) is 17.6. The molecule has 8 atom stereocenters. The summed E-state index contributed by atoms with van der Waals surface area (Å²) in [5.74, 6) is 0. The van der Waals surface area contributed by atoms with Crippen molar-refractivity contribution >= 4 is 0 Å². The van der Waals surface area contributed by atoms with E-state index in [0.717, 1.165) is 0 Å². The molecule has 0 amide bonds. The first-order valence-electron chi connectivity index (χ1n) is 7.29. The molecule has 10 nitrogen and oxygen atoms in total. The third-order valence-corrected chi connectivity index (χ3v) is 3.73. The Labute approximate surface area is 133 Å². The molecule has 1 aliphatic rings. The summed E-state index contributed by atoms with van der Waals surface area (Å²) >= 11 is 0. The second-order valence-electron chi connectivity index (χ2n) is 5.38. The van der Waals surface area contributed by atoms with E-state index in [9.17, 15) is 25.5 Å². The Morgan fingerprint density at radius 3 is 2.22 bits per heavy atom. The third kappa shape index (κ3) is 5.29. The molecule has 0 aliphatic carbocycles. The van der Waals surface area contributed by atoms with Gasteiger partial charge in [-0.05, 0) is 6.42 Å². The lowest BCUT2D eigenvalue weighted by Gasteiger charge is -2.41. The molecule has 1 heterocycles. The minimum Gasteiger partial charge on any atom is -0.396 e. The van der Waals surface area contributed by atoms with E-state index >= 15 is 0 Å². The maximum atomic E-state index is 10.0. The van der Waals surface area contributed by atoms with Crippen molar-refractivity contribution in [1.29, 1.82) is 0 Å². The number of methoxy groups -OCH3 is 1. The topological polar surface area (TPSA) is 169 Å². The van der Waals surface area contributed by atoms with Gasteiger partial charge in [-0.15, -0.1) is 0 Å². The van der Waals surface area contributed by atoms with Crippen molar-refractivity contribution in [3.05, 3.63) is 0 Å². The predicted molar refractivity (Wildman–Crippen MR) is 74.2 cm³/mol. The number of aliphatic hydroxyl groups excluding tert-OH is 7. The van der Waals surface area contributed by atoms with E-state index in [0.29, 0.717) is 0 Å². The highest BCUT2D eigenvalue weighted by atomic mass is 16.7. The summed E-state index contributed by atoms with van der Waals surface area (Å²) in [4.78, 5) is 0. The van der Waals surface area contributed by atoms with Crippen molar-refractivity contribution in [2.24, 2.45) is 0 Å². The average Bonchev–Trinajstić information content (AvgIpc) is 2.55. The molecule has 0 spiro atoms. The van der Waals surface area contributed by atoms with Crippen molar-refractivity contribution in [1.82, 2.24) is 0 Å². The maximum Gasteiger partial charge on any atom is 0.186 e. The fourth-order valence-corrected chi connectivity index (χ4v) is 2.29. The van der Waals surface area contributed by atoms with Crippen LogP contribution in [0.15, 0.2) is 0 Å². The second kappa shape index (κ2) is 9.79. The highest BCUT2D eigenvalue weighted by molar-refractivity contribution is 4.90. The van der Waals surface area contributed by atoms with Gasteiger partial charge in [-0.2, -0.15) is 0 Å². The molecule has 10 heteroatoms. The molecule has 23 heavy (non-hydrogen) atoms. The molecular formula is C13H26O10. The van der Waals surface area contributed by atoms with Gasteiger partial charge in [0.15, 0.2) is 6.29 Å². The van der Waals surface area contributed by atoms with E-state index in [1.807, 2.05) is 0 Å². The van der Waals surface area contributed by atoms with E-state index < -0.39 is 62.2 Å². The quantitative estimate of drug-likeness (QED) is 0.219. The van der Waals surface area contributed by atoms with Crippen LogP contribution < -0.4 is 0 Å². The van der Waals surface area contributed by atoms with E-state index in [1.54, 1.807) is 0 Å². The van der Waals surface area contributed by atoms with Gasteiger partial charge in [-0.25, -0.2) is 0 Å². The van der Waals surface area contributed by atoms with Gasteiger partial charge in [-0.1, -0.05) is 0 Å². The molecule has 1 fully saturated rings. The van der Waals surface area contributed by atoms with Crippen LogP contribution in [0.25, 0.3) is 0 Å². The molecule has 8 unspecified atom stereocenters. The van der Waals surface area contributed by atoms with Crippen molar-refractivity contribution in [3.8, 4) is 0 Å². The van der Waals surface area contributed by atoms with Gasteiger partial charge in [0.25, 0.3) is 0 Å². The molecule has 0 aromatic heterocycles. The molecule has 7 N–H and O–H groups in total. The van der Waals surface area contributed by atoms with Crippen LogP contribution in [0.3, 0.4) is 0 Å². The third-order valence-electron chi connectivity index (χ3n) is 3.73. The van der Waals surface area contributed by atoms with E-state index in [-0.39, 0.29) is 13.0 Å². The molecule has 0 saturated carbocycles. The van der Waals surface area contributed by atoms with Crippen LogP contribution in [0.5, 0.6) is 0 Å². The summed E-state index contributed by atoms with van der Waals surface area (Å²) in [6, 6.07) is 0. The largest absolute Gasteiger partial charge is 0.396 e. The van der Waals surface area contributed by atoms with E-state index in [4.69, 9.17) is 24.4 Å². The highest BCUT2D eigenvalue weighted by Crippen LogP contribution is 2.24. The Bertz CT molecular complexity index is 328. The summed E-state index contributed by atoms with van der Waals surface area (Å²) < 4.78 is 15.5.